The highest BCUT2D eigenvalue weighted by molar-refractivity contribution is 5.50. The number of hydrogen-bond acceptors (Lipinski definition) is 2. The molecule has 0 heterocycles. The zero-order valence-electron chi connectivity index (χ0n) is 7.88. The average Bonchev–Trinajstić information content (AvgIpc) is 2.44. The molecule has 0 fully saturated rings. The van der Waals surface area contributed by atoms with Crippen molar-refractivity contribution in [2.45, 2.75) is 25.9 Å². The highest BCUT2D eigenvalue weighted by Gasteiger charge is 2.18. The largest absolute Gasteiger partial charge is 0.392 e. The molecule has 1 aromatic rings. The summed E-state index contributed by atoms with van der Waals surface area (Å²) in [6.07, 6.45) is 1.47. The lowest BCUT2D eigenvalue weighted by molar-refractivity contribution is 0.187. The summed E-state index contributed by atoms with van der Waals surface area (Å²) in [5.74, 6) is 0. The van der Waals surface area contributed by atoms with Crippen LogP contribution in [0, 0.1) is 0 Å². The Bertz CT molecular complexity index is 309. The molecule has 0 saturated carbocycles. The van der Waals surface area contributed by atoms with E-state index in [-0.39, 0.29) is 6.10 Å². The molecule has 13 heavy (non-hydrogen) atoms. The maximum Gasteiger partial charge on any atom is 0.0621 e. The number of anilines is 1. The van der Waals surface area contributed by atoms with E-state index < -0.39 is 0 Å². The molecule has 1 aliphatic rings. The summed E-state index contributed by atoms with van der Waals surface area (Å²) >= 11 is 0. The van der Waals surface area contributed by atoms with Crippen molar-refractivity contribution < 1.29 is 5.11 Å². The van der Waals surface area contributed by atoms with E-state index in [0.29, 0.717) is 0 Å². The smallest absolute Gasteiger partial charge is 0.0621 e. The molecule has 2 heteroatoms. The third-order valence-corrected chi connectivity index (χ3v) is 2.50. The third kappa shape index (κ3) is 1.68. The van der Waals surface area contributed by atoms with Crippen molar-refractivity contribution in [3.05, 3.63) is 29.3 Å². The van der Waals surface area contributed by atoms with E-state index in [1.54, 1.807) is 0 Å². The van der Waals surface area contributed by atoms with Gasteiger partial charge in [0.2, 0.25) is 0 Å². The van der Waals surface area contributed by atoms with Gasteiger partial charge >= 0.3 is 0 Å². The molecule has 0 aromatic heterocycles. The zero-order valence-corrected chi connectivity index (χ0v) is 7.88. The van der Waals surface area contributed by atoms with E-state index in [9.17, 15) is 5.11 Å². The van der Waals surface area contributed by atoms with E-state index in [0.717, 1.165) is 25.1 Å². The summed E-state index contributed by atoms with van der Waals surface area (Å²) in [7, 11) is 0. The lowest BCUT2D eigenvalue weighted by Crippen LogP contribution is -2.03. The third-order valence-electron chi connectivity index (χ3n) is 2.50. The van der Waals surface area contributed by atoms with Crippen LogP contribution in [0.2, 0.25) is 0 Å². The van der Waals surface area contributed by atoms with Crippen molar-refractivity contribution >= 4 is 5.69 Å². The maximum atomic E-state index is 9.45. The number of aliphatic hydroxyl groups is 1. The van der Waals surface area contributed by atoms with Gasteiger partial charge < -0.3 is 10.4 Å². The highest BCUT2D eigenvalue weighted by atomic mass is 16.3. The quantitative estimate of drug-likeness (QED) is 0.718. The molecule has 0 bridgehead atoms. The van der Waals surface area contributed by atoms with Gasteiger partial charge in [0.05, 0.1) is 6.10 Å². The highest BCUT2D eigenvalue weighted by Crippen LogP contribution is 2.25. The Balaban J connectivity index is 2.24. The topological polar surface area (TPSA) is 32.3 Å². The number of aliphatic hydroxyl groups excluding tert-OH is 1. The SMILES string of the molecule is CCNc1ccc2c(c1)CC(O)C2. The van der Waals surface area contributed by atoms with Crippen LogP contribution >= 0.6 is 0 Å². The van der Waals surface area contributed by atoms with E-state index in [1.165, 1.54) is 11.1 Å². The Labute approximate surface area is 78.6 Å². The van der Waals surface area contributed by atoms with Crippen LogP contribution in [-0.4, -0.2) is 17.8 Å². The van der Waals surface area contributed by atoms with Gasteiger partial charge in [0.25, 0.3) is 0 Å². The second-order valence-electron chi connectivity index (χ2n) is 3.58. The first-order chi connectivity index (χ1) is 6.29. The van der Waals surface area contributed by atoms with Gasteiger partial charge in [-0.15, -0.1) is 0 Å². The molecule has 0 spiro atoms. The molecule has 2 N–H and O–H groups in total. The fourth-order valence-electron chi connectivity index (χ4n) is 1.91. The first-order valence-electron chi connectivity index (χ1n) is 4.83. The van der Waals surface area contributed by atoms with Crippen molar-refractivity contribution in [3.8, 4) is 0 Å². The summed E-state index contributed by atoms with van der Waals surface area (Å²) in [5.41, 5.74) is 3.76. The van der Waals surface area contributed by atoms with E-state index in [4.69, 9.17) is 0 Å². The molecule has 1 atom stereocenters. The van der Waals surface area contributed by atoms with Crippen LogP contribution in [0.25, 0.3) is 0 Å². The number of rotatable bonds is 2. The second-order valence-corrected chi connectivity index (χ2v) is 3.58. The average molecular weight is 177 g/mol. The molecule has 0 aliphatic heterocycles. The van der Waals surface area contributed by atoms with Crippen LogP contribution in [0.15, 0.2) is 18.2 Å². The Hall–Kier alpha value is -1.02. The summed E-state index contributed by atoms with van der Waals surface area (Å²) in [5, 5.41) is 12.7. The molecule has 2 nitrogen and oxygen atoms in total. The number of benzene rings is 1. The van der Waals surface area contributed by atoms with Crippen LogP contribution in [0.4, 0.5) is 5.69 Å². The normalized spacial score (nSPS) is 20.0. The van der Waals surface area contributed by atoms with Crippen LogP contribution in [0.3, 0.4) is 0 Å². The molecule has 1 unspecified atom stereocenters. The first-order valence-corrected chi connectivity index (χ1v) is 4.83. The second kappa shape index (κ2) is 3.38. The monoisotopic (exact) mass is 177 g/mol. The van der Waals surface area contributed by atoms with Gasteiger partial charge in [-0.1, -0.05) is 6.07 Å². The molecule has 0 radical (unpaired) electrons. The Morgan fingerprint density at radius 2 is 2.15 bits per heavy atom. The molecular weight excluding hydrogens is 162 g/mol. The summed E-state index contributed by atoms with van der Waals surface area (Å²) in [4.78, 5) is 0. The van der Waals surface area contributed by atoms with Crippen molar-refractivity contribution in [1.29, 1.82) is 0 Å². The molecule has 0 saturated heterocycles. The van der Waals surface area contributed by atoms with Gasteiger partial charge in [-0.2, -0.15) is 0 Å². The first kappa shape index (κ1) is 8.57. The summed E-state index contributed by atoms with van der Waals surface area (Å²) in [6.45, 7) is 3.03. The van der Waals surface area contributed by atoms with Gasteiger partial charge in [0.1, 0.15) is 0 Å². The van der Waals surface area contributed by atoms with Gasteiger partial charge in [-0.25, -0.2) is 0 Å². The van der Waals surface area contributed by atoms with Crippen LogP contribution in [-0.2, 0) is 12.8 Å². The molecule has 2 rings (SSSR count). The predicted octanol–water partition coefficient (Wildman–Crippen LogP) is 1.58. The standard InChI is InChI=1S/C11H15NO/c1-2-12-10-4-3-8-6-11(13)7-9(8)5-10/h3-5,11-13H,2,6-7H2,1H3. The lowest BCUT2D eigenvalue weighted by atomic mass is 10.1. The van der Waals surface area contributed by atoms with Gasteiger partial charge in [0.15, 0.2) is 0 Å². The van der Waals surface area contributed by atoms with Crippen molar-refractivity contribution in [1.82, 2.24) is 0 Å². The molecule has 70 valence electrons. The van der Waals surface area contributed by atoms with Crippen molar-refractivity contribution in [3.63, 3.8) is 0 Å². The molecule has 1 aromatic carbocycles. The molecule has 1 aliphatic carbocycles. The Morgan fingerprint density at radius 3 is 2.92 bits per heavy atom. The summed E-state index contributed by atoms with van der Waals surface area (Å²) in [6, 6.07) is 6.35. The van der Waals surface area contributed by atoms with Crippen molar-refractivity contribution in [2.24, 2.45) is 0 Å². The molecular formula is C11H15NO. The van der Waals surface area contributed by atoms with Gasteiger partial charge in [-0.05, 0) is 43.0 Å². The number of hydrogen-bond donors (Lipinski definition) is 2. The van der Waals surface area contributed by atoms with E-state index >= 15 is 0 Å². The fourth-order valence-corrected chi connectivity index (χ4v) is 1.91. The fraction of sp³-hybridized carbons (Fsp3) is 0.455. The summed E-state index contributed by atoms with van der Waals surface area (Å²) < 4.78 is 0. The van der Waals surface area contributed by atoms with E-state index in [2.05, 4.69) is 30.4 Å². The van der Waals surface area contributed by atoms with Crippen LogP contribution < -0.4 is 5.32 Å². The Morgan fingerprint density at radius 1 is 1.38 bits per heavy atom. The van der Waals surface area contributed by atoms with Crippen molar-refractivity contribution in [2.75, 3.05) is 11.9 Å². The Kier molecular flexibility index (Phi) is 2.23. The van der Waals surface area contributed by atoms with Crippen LogP contribution in [0.5, 0.6) is 0 Å². The predicted molar refractivity (Wildman–Crippen MR) is 54.0 cm³/mol. The zero-order chi connectivity index (χ0) is 9.26. The minimum absolute atomic E-state index is 0.160. The minimum Gasteiger partial charge on any atom is -0.392 e. The minimum atomic E-state index is -0.160. The maximum absolute atomic E-state index is 9.45. The number of nitrogens with one attached hydrogen (secondary N) is 1. The number of fused-ring (bicyclic) bond motifs is 1. The van der Waals surface area contributed by atoms with E-state index in [1.807, 2.05) is 0 Å². The van der Waals surface area contributed by atoms with Gasteiger partial charge in [-0.3, -0.25) is 0 Å². The van der Waals surface area contributed by atoms with Crippen LogP contribution in [0.1, 0.15) is 18.1 Å². The molecule has 0 amide bonds. The van der Waals surface area contributed by atoms with Gasteiger partial charge in [0, 0.05) is 12.2 Å². The lowest BCUT2D eigenvalue weighted by Gasteiger charge is -2.05.